The molecule has 0 atom stereocenters. The Morgan fingerprint density at radius 3 is 2.67 bits per heavy atom. The standard InChI is InChI=1S/C6H7NO3.C5H11NO2/c1-2-6(9)10-4-3-7-5-8;1-2-3-4-6-5(7)8/h2H,1,3-4H2;6H,2-4H2,1H3,(H,7,8). The SMILES string of the molecule is C=CC(=O)OCCN=C=O.CCCCNC(=O)O. The summed E-state index contributed by atoms with van der Waals surface area (Å²) in [5.41, 5.74) is 0. The maximum atomic E-state index is 10.3. The Bertz CT molecular complexity index is 298. The quantitative estimate of drug-likeness (QED) is 0.234. The highest BCUT2D eigenvalue weighted by Gasteiger charge is 1.91. The zero-order valence-corrected chi connectivity index (χ0v) is 10.3. The van der Waals surface area contributed by atoms with Gasteiger partial charge in [-0.15, -0.1) is 0 Å². The summed E-state index contributed by atoms with van der Waals surface area (Å²) in [6.07, 6.45) is 3.38. The molecule has 0 heterocycles. The van der Waals surface area contributed by atoms with Crippen LogP contribution in [0.5, 0.6) is 0 Å². The van der Waals surface area contributed by atoms with Gasteiger partial charge in [-0.3, -0.25) is 0 Å². The van der Waals surface area contributed by atoms with Crippen molar-refractivity contribution in [2.24, 2.45) is 4.99 Å². The molecule has 0 unspecified atom stereocenters. The minimum absolute atomic E-state index is 0.0973. The van der Waals surface area contributed by atoms with Crippen molar-refractivity contribution in [1.82, 2.24) is 5.32 Å². The van der Waals surface area contributed by atoms with Gasteiger partial charge < -0.3 is 15.2 Å². The topological polar surface area (TPSA) is 105 Å². The number of ether oxygens (including phenoxy) is 1. The number of amides is 1. The highest BCUT2D eigenvalue weighted by atomic mass is 16.5. The van der Waals surface area contributed by atoms with Crippen LogP contribution in [0.4, 0.5) is 4.79 Å². The molecule has 0 aliphatic heterocycles. The summed E-state index contributed by atoms with van der Waals surface area (Å²) in [7, 11) is 0. The number of hydrogen-bond donors (Lipinski definition) is 2. The van der Waals surface area contributed by atoms with Crippen LogP contribution < -0.4 is 5.32 Å². The van der Waals surface area contributed by atoms with Gasteiger partial charge in [-0.25, -0.2) is 19.4 Å². The fraction of sp³-hybridized carbons (Fsp3) is 0.545. The molecule has 1 amide bonds. The van der Waals surface area contributed by atoms with E-state index in [1.54, 1.807) is 0 Å². The van der Waals surface area contributed by atoms with E-state index in [-0.39, 0.29) is 13.2 Å². The van der Waals surface area contributed by atoms with E-state index in [2.05, 4.69) is 21.6 Å². The highest BCUT2D eigenvalue weighted by molar-refractivity contribution is 5.81. The van der Waals surface area contributed by atoms with Crippen LogP contribution in [-0.2, 0) is 14.3 Å². The van der Waals surface area contributed by atoms with E-state index in [0.717, 1.165) is 18.9 Å². The first-order chi connectivity index (χ1) is 8.58. The van der Waals surface area contributed by atoms with Crippen LogP contribution in [0.1, 0.15) is 19.8 Å². The van der Waals surface area contributed by atoms with Crippen molar-refractivity contribution in [3.63, 3.8) is 0 Å². The Morgan fingerprint density at radius 2 is 2.22 bits per heavy atom. The largest absolute Gasteiger partial charge is 0.465 e. The van der Waals surface area contributed by atoms with E-state index in [4.69, 9.17) is 5.11 Å². The lowest BCUT2D eigenvalue weighted by Crippen LogP contribution is -2.21. The smallest absolute Gasteiger partial charge is 0.404 e. The van der Waals surface area contributed by atoms with E-state index in [1.807, 2.05) is 6.92 Å². The van der Waals surface area contributed by atoms with Gasteiger partial charge >= 0.3 is 12.1 Å². The molecule has 0 radical (unpaired) electrons. The molecule has 0 aromatic rings. The van der Waals surface area contributed by atoms with Gasteiger partial charge in [-0.1, -0.05) is 19.9 Å². The summed E-state index contributed by atoms with van der Waals surface area (Å²) in [5.74, 6) is -0.513. The van der Waals surface area contributed by atoms with Crippen LogP contribution in [0, 0.1) is 0 Å². The first-order valence-electron chi connectivity index (χ1n) is 5.38. The second-order valence-electron chi connectivity index (χ2n) is 2.93. The van der Waals surface area contributed by atoms with Gasteiger partial charge in [0.2, 0.25) is 6.08 Å². The lowest BCUT2D eigenvalue weighted by atomic mass is 10.3. The molecule has 0 rings (SSSR count). The molecule has 2 N–H and O–H groups in total. The van der Waals surface area contributed by atoms with E-state index in [1.165, 1.54) is 6.08 Å². The Labute approximate surface area is 106 Å². The molecule has 0 saturated carbocycles. The number of nitrogens with zero attached hydrogens (tertiary/aromatic N) is 1. The Morgan fingerprint density at radius 1 is 1.56 bits per heavy atom. The van der Waals surface area contributed by atoms with Gasteiger partial charge in [-0.05, 0) is 6.42 Å². The molecule has 7 nitrogen and oxygen atoms in total. The van der Waals surface area contributed by atoms with Crippen LogP contribution in [0.25, 0.3) is 0 Å². The zero-order valence-electron chi connectivity index (χ0n) is 10.3. The van der Waals surface area contributed by atoms with Gasteiger partial charge in [0.05, 0.1) is 6.54 Å². The van der Waals surface area contributed by atoms with E-state index < -0.39 is 12.1 Å². The van der Waals surface area contributed by atoms with Crippen LogP contribution in [-0.4, -0.2) is 42.9 Å². The summed E-state index contributed by atoms with van der Waals surface area (Å²) in [4.78, 5) is 32.7. The third-order valence-electron chi connectivity index (χ3n) is 1.49. The van der Waals surface area contributed by atoms with Crippen molar-refractivity contribution in [2.75, 3.05) is 19.7 Å². The molecule has 0 aromatic carbocycles. The maximum absolute atomic E-state index is 10.3. The van der Waals surface area contributed by atoms with Crippen LogP contribution in [0.2, 0.25) is 0 Å². The van der Waals surface area contributed by atoms with Crippen molar-refractivity contribution < 1.29 is 24.2 Å². The molecule has 7 heteroatoms. The van der Waals surface area contributed by atoms with Crippen molar-refractivity contribution in [3.8, 4) is 0 Å². The number of unbranched alkanes of at least 4 members (excludes halogenated alkanes) is 1. The molecule has 0 spiro atoms. The van der Waals surface area contributed by atoms with Gasteiger partial charge in [0, 0.05) is 12.6 Å². The van der Waals surface area contributed by atoms with E-state index in [0.29, 0.717) is 6.54 Å². The predicted octanol–water partition coefficient (Wildman–Crippen LogP) is 1.11. The second kappa shape index (κ2) is 14.9. The molecular formula is C11H18N2O5. The number of carbonyl (C=O) groups is 2. The molecule has 0 aliphatic rings. The number of carboxylic acid groups (broad SMARTS) is 1. The Kier molecular flexibility index (Phi) is 15.1. The number of aliphatic imine (C=N–C) groups is 1. The van der Waals surface area contributed by atoms with Crippen molar-refractivity contribution in [1.29, 1.82) is 0 Å². The molecule has 0 bridgehead atoms. The first kappa shape index (κ1) is 18.2. The first-order valence-corrected chi connectivity index (χ1v) is 5.38. The fourth-order valence-corrected chi connectivity index (χ4v) is 0.669. The van der Waals surface area contributed by atoms with Gasteiger partial charge in [-0.2, -0.15) is 0 Å². The summed E-state index contributed by atoms with van der Waals surface area (Å²) in [5, 5.41) is 10.3. The Hall–Kier alpha value is -2.14. The molecule has 0 aromatic heterocycles. The number of hydrogen-bond acceptors (Lipinski definition) is 5. The average molecular weight is 258 g/mol. The van der Waals surface area contributed by atoms with Crippen LogP contribution in [0.3, 0.4) is 0 Å². The van der Waals surface area contributed by atoms with Gasteiger partial charge in [0.1, 0.15) is 6.61 Å². The number of carbonyl (C=O) groups excluding carboxylic acids is 2. The van der Waals surface area contributed by atoms with Crippen LogP contribution >= 0.6 is 0 Å². The average Bonchev–Trinajstić information content (AvgIpc) is 2.35. The molecule has 102 valence electrons. The minimum Gasteiger partial charge on any atom is -0.465 e. The van der Waals surface area contributed by atoms with Gasteiger partial charge in [0.25, 0.3) is 0 Å². The lowest BCUT2D eigenvalue weighted by Gasteiger charge is -1.94. The second-order valence-corrected chi connectivity index (χ2v) is 2.93. The normalized spacial score (nSPS) is 8.06. The van der Waals surface area contributed by atoms with Crippen molar-refractivity contribution >= 4 is 18.1 Å². The molecule has 0 fully saturated rings. The summed E-state index contributed by atoms with van der Waals surface area (Å²) in [6.45, 7) is 6.02. The van der Waals surface area contributed by atoms with E-state index >= 15 is 0 Å². The Balaban J connectivity index is 0. The maximum Gasteiger partial charge on any atom is 0.404 e. The summed E-state index contributed by atoms with van der Waals surface area (Å²) in [6, 6.07) is 0. The molecule has 0 saturated heterocycles. The third-order valence-corrected chi connectivity index (χ3v) is 1.49. The third kappa shape index (κ3) is 19.4. The predicted molar refractivity (Wildman–Crippen MR) is 65.1 cm³/mol. The monoisotopic (exact) mass is 258 g/mol. The van der Waals surface area contributed by atoms with Crippen LogP contribution in [0.15, 0.2) is 17.6 Å². The number of rotatable bonds is 7. The minimum atomic E-state index is -0.932. The van der Waals surface area contributed by atoms with Crippen molar-refractivity contribution in [3.05, 3.63) is 12.7 Å². The lowest BCUT2D eigenvalue weighted by molar-refractivity contribution is -0.137. The van der Waals surface area contributed by atoms with E-state index in [9.17, 15) is 14.4 Å². The molecular weight excluding hydrogens is 240 g/mol. The number of esters is 1. The molecule has 18 heavy (non-hydrogen) atoms. The fourth-order valence-electron chi connectivity index (χ4n) is 0.669. The number of isocyanates is 1. The number of nitrogens with one attached hydrogen (secondary N) is 1. The zero-order chi connectivity index (χ0) is 14.2. The summed E-state index contributed by atoms with van der Waals surface area (Å²) < 4.78 is 4.46. The van der Waals surface area contributed by atoms with Gasteiger partial charge in [0.15, 0.2) is 0 Å². The van der Waals surface area contributed by atoms with Crippen molar-refractivity contribution in [2.45, 2.75) is 19.8 Å². The molecule has 0 aliphatic carbocycles. The highest BCUT2D eigenvalue weighted by Crippen LogP contribution is 1.81. The summed E-state index contributed by atoms with van der Waals surface area (Å²) >= 11 is 0.